The number of anilines is 1. The summed E-state index contributed by atoms with van der Waals surface area (Å²) in [5, 5.41) is 0. The normalized spacial score (nSPS) is 12.0. The Morgan fingerprint density at radius 3 is 2.88 bits per heavy atom. The van der Waals surface area contributed by atoms with Crippen molar-refractivity contribution in [2.24, 2.45) is 0 Å². The summed E-state index contributed by atoms with van der Waals surface area (Å²) in [5.74, 6) is 0.457. The van der Waals surface area contributed by atoms with Gasteiger partial charge in [-0.1, -0.05) is 6.92 Å². The summed E-state index contributed by atoms with van der Waals surface area (Å²) in [6.07, 6.45) is 2.65. The molecular formula is C12H18N2O2. The van der Waals surface area contributed by atoms with Gasteiger partial charge in [-0.15, -0.1) is 0 Å². The van der Waals surface area contributed by atoms with Gasteiger partial charge in [-0.05, 0) is 25.5 Å². The van der Waals surface area contributed by atoms with E-state index in [0.717, 1.165) is 12.2 Å². The number of aromatic nitrogens is 1. The summed E-state index contributed by atoms with van der Waals surface area (Å²) in [7, 11) is 3.35. The molecule has 4 nitrogen and oxygen atoms in total. The second-order valence-corrected chi connectivity index (χ2v) is 3.76. The maximum Gasteiger partial charge on any atom is 0.338 e. The molecule has 1 atom stereocenters. The van der Waals surface area contributed by atoms with Gasteiger partial charge in [0.2, 0.25) is 0 Å². The molecule has 0 aliphatic carbocycles. The molecule has 1 aromatic rings. The van der Waals surface area contributed by atoms with E-state index in [1.165, 1.54) is 7.11 Å². The van der Waals surface area contributed by atoms with Crippen LogP contribution >= 0.6 is 0 Å². The molecule has 0 aromatic carbocycles. The minimum absolute atomic E-state index is 0.332. The second kappa shape index (κ2) is 5.49. The number of ether oxygens (including phenoxy) is 1. The number of esters is 1. The molecule has 0 fully saturated rings. The quantitative estimate of drug-likeness (QED) is 0.732. The van der Waals surface area contributed by atoms with Crippen LogP contribution in [0.25, 0.3) is 0 Å². The largest absolute Gasteiger partial charge is 0.465 e. The molecule has 16 heavy (non-hydrogen) atoms. The maximum atomic E-state index is 11.4. The molecule has 0 saturated carbocycles. The fraction of sp³-hybridized carbons (Fsp3) is 0.500. The SMILES string of the molecule is CCC(C)N(C)c1cc(C(=O)OC)ccn1. The first-order chi connectivity index (χ1) is 7.60. The number of pyridine rings is 1. The first kappa shape index (κ1) is 12.5. The van der Waals surface area contributed by atoms with E-state index in [9.17, 15) is 4.79 Å². The number of rotatable bonds is 4. The summed E-state index contributed by atoms with van der Waals surface area (Å²) in [6.45, 7) is 4.23. The summed E-state index contributed by atoms with van der Waals surface area (Å²) in [6, 6.07) is 3.79. The Bertz CT molecular complexity index is 366. The Hall–Kier alpha value is -1.58. The van der Waals surface area contributed by atoms with Gasteiger partial charge in [-0.25, -0.2) is 9.78 Å². The zero-order chi connectivity index (χ0) is 12.1. The predicted octanol–water partition coefficient (Wildman–Crippen LogP) is 2.10. The highest BCUT2D eigenvalue weighted by Gasteiger charge is 2.12. The molecule has 0 N–H and O–H groups in total. The number of methoxy groups -OCH3 is 1. The van der Waals surface area contributed by atoms with Gasteiger partial charge in [0.05, 0.1) is 12.7 Å². The highest BCUT2D eigenvalue weighted by atomic mass is 16.5. The second-order valence-electron chi connectivity index (χ2n) is 3.76. The summed E-state index contributed by atoms with van der Waals surface area (Å²) >= 11 is 0. The molecule has 0 amide bonds. The van der Waals surface area contributed by atoms with Crippen LogP contribution in [0.15, 0.2) is 18.3 Å². The van der Waals surface area contributed by atoms with Crippen LogP contribution in [-0.2, 0) is 4.74 Å². The average Bonchev–Trinajstić information content (AvgIpc) is 2.36. The van der Waals surface area contributed by atoms with E-state index in [4.69, 9.17) is 0 Å². The molecule has 0 bridgehead atoms. The van der Waals surface area contributed by atoms with Crippen LogP contribution in [0.4, 0.5) is 5.82 Å². The van der Waals surface area contributed by atoms with Crippen molar-refractivity contribution in [2.75, 3.05) is 19.1 Å². The molecule has 0 spiro atoms. The fourth-order valence-electron chi connectivity index (χ4n) is 1.36. The van der Waals surface area contributed by atoms with Gasteiger partial charge in [-0.3, -0.25) is 0 Å². The van der Waals surface area contributed by atoms with Crippen LogP contribution in [0.5, 0.6) is 0 Å². The van der Waals surface area contributed by atoms with Gasteiger partial charge in [0.25, 0.3) is 0 Å². The highest BCUT2D eigenvalue weighted by Crippen LogP contribution is 2.15. The van der Waals surface area contributed by atoms with E-state index < -0.39 is 0 Å². The number of hydrogen-bond acceptors (Lipinski definition) is 4. The monoisotopic (exact) mass is 222 g/mol. The third-order valence-corrected chi connectivity index (χ3v) is 2.78. The van der Waals surface area contributed by atoms with Crippen LogP contribution in [-0.4, -0.2) is 31.2 Å². The molecule has 88 valence electrons. The van der Waals surface area contributed by atoms with Gasteiger partial charge in [0.15, 0.2) is 0 Å². The Balaban J connectivity index is 2.94. The van der Waals surface area contributed by atoms with E-state index in [1.54, 1.807) is 18.3 Å². The number of hydrogen-bond donors (Lipinski definition) is 0. The minimum atomic E-state index is -0.332. The van der Waals surface area contributed by atoms with Crippen molar-refractivity contribution in [1.29, 1.82) is 0 Å². The first-order valence-electron chi connectivity index (χ1n) is 5.37. The van der Waals surface area contributed by atoms with Crippen LogP contribution in [0.3, 0.4) is 0 Å². The van der Waals surface area contributed by atoms with Crippen molar-refractivity contribution < 1.29 is 9.53 Å². The lowest BCUT2D eigenvalue weighted by atomic mass is 10.2. The van der Waals surface area contributed by atoms with E-state index in [2.05, 4.69) is 23.6 Å². The standard InChI is InChI=1S/C12H18N2O2/c1-5-9(2)14(3)11-8-10(6-7-13-11)12(15)16-4/h6-9H,5H2,1-4H3. The van der Waals surface area contributed by atoms with Gasteiger partial charge in [0, 0.05) is 19.3 Å². The highest BCUT2D eigenvalue weighted by molar-refractivity contribution is 5.90. The number of carbonyl (C=O) groups is 1. The van der Waals surface area contributed by atoms with Crippen LogP contribution < -0.4 is 4.90 Å². The van der Waals surface area contributed by atoms with Crippen LogP contribution in [0.2, 0.25) is 0 Å². The average molecular weight is 222 g/mol. The Kier molecular flexibility index (Phi) is 4.28. The molecule has 1 rings (SSSR count). The summed E-state index contributed by atoms with van der Waals surface area (Å²) in [5.41, 5.74) is 0.530. The van der Waals surface area contributed by atoms with E-state index in [0.29, 0.717) is 11.6 Å². The molecule has 1 heterocycles. The molecule has 1 unspecified atom stereocenters. The Labute approximate surface area is 96.2 Å². The fourth-order valence-corrected chi connectivity index (χ4v) is 1.36. The van der Waals surface area contributed by atoms with Gasteiger partial charge >= 0.3 is 5.97 Å². The molecule has 0 radical (unpaired) electrons. The lowest BCUT2D eigenvalue weighted by Crippen LogP contribution is -2.28. The van der Waals surface area contributed by atoms with Gasteiger partial charge in [-0.2, -0.15) is 0 Å². The topological polar surface area (TPSA) is 42.4 Å². The van der Waals surface area contributed by atoms with Crippen molar-refractivity contribution in [3.63, 3.8) is 0 Å². The molecule has 0 aliphatic rings. The molecule has 4 heteroatoms. The number of nitrogens with zero attached hydrogens (tertiary/aromatic N) is 2. The molecule has 0 aliphatic heterocycles. The van der Waals surface area contributed by atoms with Crippen LogP contribution in [0, 0.1) is 0 Å². The number of carbonyl (C=O) groups excluding carboxylic acids is 1. The molecular weight excluding hydrogens is 204 g/mol. The maximum absolute atomic E-state index is 11.4. The van der Waals surface area contributed by atoms with Crippen molar-refractivity contribution in [3.8, 4) is 0 Å². The third kappa shape index (κ3) is 2.72. The molecule has 0 saturated heterocycles. The van der Waals surface area contributed by atoms with Crippen molar-refractivity contribution in [3.05, 3.63) is 23.9 Å². The molecule has 1 aromatic heterocycles. The smallest absolute Gasteiger partial charge is 0.338 e. The Morgan fingerprint density at radius 1 is 1.62 bits per heavy atom. The Morgan fingerprint density at radius 2 is 2.31 bits per heavy atom. The van der Waals surface area contributed by atoms with Gasteiger partial charge in [0.1, 0.15) is 5.82 Å². The van der Waals surface area contributed by atoms with Crippen molar-refractivity contribution in [1.82, 2.24) is 4.98 Å². The zero-order valence-corrected chi connectivity index (χ0v) is 10.2. The lowest BCUT2D eigenvalue weighted by Gasteiger charge is -2.24. The first-order valence-corrected chi connectivity index (χ1v) is 5.37. The minimum Gasteiger partial charge on any atom is -0.465 e. The van der Waals surface area contributed by atoms with Crippen molar-refractivity contribution in [2.45, 2.75) is 26.3 Å². The van der Waals surface area contributed by atoms with Gasteiger partial charge < -0.3 is 9.64 Å². The predicted molar refractivity (Wildman–Crippen MR) is 63.7 cm³/mol. The van der Waals surface area contributed by atoms with Crippen molar-refractivity contribution >= 4 is 11.8 Å². The summed E-state index contributed by atoms with van der Waals surface area (Å²) in [4.78, 5) is 17.7. The summed E-state index contributed by atoms with van der Waals surface area (Å²) < 4.78 is 4.67. The lowest BCUT2D eigenvalue weighted by molar-refractivity contribution is 0.0600. The van der Waals surface area contributed by atoms with E-state index in [1.807, 2.05) is 11.9 Å². The third-order valence-electron chi connectivity index (χ3n) is 2.78. The van der Waals surface area contributed by atoms with E-state index >= 15 is 0 Å². The van der Waals surface area contributed by atoms with E-state index in [-0.39, 0.29) is 5.97 Å². The van der Waals surface area contributed by atoms with Crippen LogP contribution in [0.1, 0.15) is 30.6 Å². The zero-order valence-electron chi connectivity index (χ0n) is 10.2.